The number of benzene rings is 2. The van der Waals surface area contributed by atoms with Crippen molar-refractivity contribution in [1.82, 2.24) is 15.0 Å². The standard InChI is InChI=1S/C21H22N4O4/c1-14(2)24(20(26)12-16-7-9-18(10-8-16)25(27)28)13-19-22-21(23-29-19)17-6-4-5-15(3)11-17/h4-11,14H,12-13H2,1-3H3. The van der Waals surface area contributed by atoms with Gasteiger partial charge in [-0.05, 0) is 32.4 Å². The molecule has 1 aromatic heterocycles. The summed E-state index contributed by atoms with van der Waals surface area (Å²) in [6.07, 6.45) is 0.134. The summed E-state index contributed by atoms with van der Waals surface area (Å²) in [5, 5.41) is 14.8. The second-order valence-electron chi connectivity index (χ2n) is 7.10. The Balaban J connectivity index is 1.71. The van der Waals surface area contributed by atoms with Crippen LogP contribution in [0.15, 0.2) is 53.1 Å². The van der Waals surface area contributed by atoms with E-state index in [1.807, 2.05) is 45.0 Å². The lowest BCUT2D eigenvalue weighted by atomic mass is 10.1. The SMILES string of the molecule is Cc1cccc(-c2noc(CN(C(=O)Cc3ccc([N+](=O)[O-])cc3)C(C)C)n2)c1. The molecular formula is C21H22N4O4. The van der Waals surface area contributed by atoms with E-state index in [1.54, 1.807) is 17.0 Å². The molecule has 0 unspecified atom stereocenters. The Morgan fingerprint density at radius 2 is 1.93 bits per heavy atom. The first-order valence-electron chi connectivity index (χ1n) is 9.26. The van der Waals surface area contributed by atoms with Crippen LogP contribution in [0.5, 0.6) is 0 Å². The van der Waals surface area contributed by atoms with E-state index in [4.69, 9.17) is 4.52 Å². The van der Waals surface area contributed by atoms with E-state index in [2.05, 4.69) is 10.1 Å². The van der Waals surface area contributed by atoms with Gasteiger partial charge in [-0.25, -0.2) is 0 Å². The summed E-state index contributed by atoms with van der Waals surface area (Å²) in [5.74, 6) is 0.714. The topological polar surface area (TPSA) is 102 Å². The zero-order valence-corrected chi connectivity index (χ0v) is 16.5. The van der Waals surface area contributed by atoms with E-state index >= 15 is 0 Å². The molecule has 0 bridgehead atoms. The summed E-state index contributed by atoms with van der Waals surface area (Å²) >= 11 is 0. The van der Waals surface area contributed by atoms with Gasteiger partial charge < -0.3 is 9.42 Å². The molecule has 0 spiro atoms. The summed E-state index contributed by atoms with van der Waals surface area (Å²) in [6.45, 7) is 6.00. The van der Waals surface area contributed by atoms with Gasteiger partial charge in [0.05, 0.1) is 11.3 Å². The average molecular weight is 394 g/mol. The van der Waals surface area contributed by atoms with Gasteiger partial charge in [-0.2, -0.15) is 4.98 Å². The maximum absolute atomic E-state index is 12.8. The van der Waals surface area contributed by atoms with Gasteiger partial charge in [-0.15, -0.1) is 0 Å². The number of aryl methyl sites for hydroxylation is 1. The number of aromatic nitrogens is 2. The third-order valence-corrected chi connectivity index (χ3v) is 4.50. The Morgan fingerprint density at radius 1 is 1.21 bits per heavy atom. The predicted molar refractivity (Wildman–Crippen MR) is 107 cm³/mol. The highest BCUT2D eigenvalue weighted by Crippen LogP contribution is 2.19. The van der Waals surface area contributed by atoms with Crippen LogP contribution in [0.3, 0.4) is 0 Å². The fourth-order valence-electron chi connectivity index (χ4n) is 2.94. The first kappa shape index (κ1) is 20.2. The number of carbonyl (C=O) groups excluding carboxylic acids is 1. The summed E-state index contributed by atoms with van der Waals surface area (Å²) < 4.78 is 5.35. The second kappa shape index (κ2) is 8.64. The van der Waals surface area contributed by atoms with Gasteiger partial charge in [-0.3, -0.25) is 14.9 Å². The van der Waals surface area contributed by atoms with Gasteiger partial charge in [0.2, 0.25) is 17.6 Å². The van der Waals surface area contributed by atoms with Gasteiger partial charge in [0.1, 0.15) is 6.54 Å². The fourth-order valence-corrected chi connectivity index (χ4v) is 2.94. The maximum Gasteiger partial charge on any atom is 0.269 e. The average Bonchev–Trinajstić information content (AvgIpc) is 3.15. The summed E-state index contributed by atoms with van der Waals surface area (Å²) in [4.78, 5) is 29.2. The molecule has 3 aromatic rings. The Labute approximate surface area is 168 Å². The van der Waals surface area contributed by atoms with Crippen molar-refractivity contribution in [2.75, 3.05) is 0 Å². The van der Waals surface area contributed by atoms with Crippen LogP contribution >= 0.6 is 0 Å². The number of nitrogens with zero attached hydrogens (tertiary/aromatic N) is 4. The molecule has 1 amide bonds. The summed E-state index contributed by atoms with van der Waals surface area (Å²) in [5.41, 5.74) is 2.65. The van der Waals surface area contributed by atoms with Gasteiger partial charge >= 0.3 is 0 Å². The number of nitro groups is 1. The van der Waals surface area contributed by atoms with Crippen LogP contribution in [-0.4, -0.2) is 31.9 Å². The number of non-ortho nitro benzene ring substituents is 1. The van der Waals surface area contributed by atoms with Crippen molar-refractivity contribution in [3.8, 4) is 11.4 Å². The van der Waals surface area contributed by atoms with Crippen molar-refractivity contribution in [2.45, 2.75) is 39.8 Å². The minimum absolute atomic E-state index is 0.00328. The van der Waals surface area contributed by atoms with Gasteiger partial charge in [0, 0.05) is 23.7 Å². The largest absolute Gasteiger partial charge is 0.337 e. The number of hydrogen-bond donors (Lipinski definition) is 0. The molecule has 2 aromatic carbocycles. The first-order chi connectivity index (χ1) is 13.8. The van der Waals surface area contributed by atoms with Crippen LogP contribution in [0, 0.1) is 17.0 Å². The minimum Gasteiger partial charge on any atom is -0.337 e. The molecule has 8 heteroatoms. The minimum atomic E-state index is -0.465. The summed E-state index contributed by atoms with van der Waals surface area (Å²) in [6, 6.07) is 13.7. The molecule has 0 aliphatic carbocycles. The van der Waals surface area contributed by atoms with E-state index in [0.717, 1.165) is 11.1 Å². The molecule has 8 nitrogen and oxygen atoms in total. The number of nitro benzene ring substituents is 1. The number of rotatable bonds is 7. The van der Waals surface area contributed by atoms with E-state index in [0.29, 0.717) is 17.3 Å². The van der Waals surface area contributed by atoms with Crippen molar-refractivity contribution in [3.05, 3.63) is 75.7 Å². The Kier molecular flexibility index (Phi) is 6.01. The van der Waals surface area contributed by atoms with E-state index in [9.17, 15) is 14.9 Å². The van der Waals surface area contributed by atoms with Crippen LogP contribution in [-0.2, 0) is 17.8 Å². The first-order valence-corrected chi connectivity index (χ1v) is 9.26. The van der Waals surface area contributed by atoms with Crippen molar-refractivity contribution >= 4 is 11.6 Å². The molecule has 150 valence electrons. The van der Waals surface area contributed by atoms with Crippen LogP contribution in [0.25, 0.3) is 11.4 Å². The van der Waals surface area contributed by atoms with E-state index in [-0.39, 0.29) is 30.6 Å². The number of amides is 1. The lowest BCUT2D eigenvalue weighted by molar-refractivity contribution is -0.384. The van der Waals surface area contributed by atoms with Crippen molar-refractivity contribution in [2.24, 2.45) is 0 Å². The maximum atomic E-state index is 12.8. The van der Waals surface area contributed by atoms with Crippen LogP contribution < -0.4 is 0 Å². The highest BCUT2D eigenvalue weighted by molar-refractivity contribution is 5.79. The Morgan fingerprint density at radius 3 is 2.55 bits per heavy atom. The van der Waals surface area contributed by atoms with Crippen molar-refractivity contribution in [1.29, 1.82) is 0 Å². The Bertz CT molecular complexity index is 1010. The molecule has 0 fully saturated rings. The molecule has 0 aliphatic heterocycles. The molecule has 0 atom stereocenters. The lowest BCUT2D eigenvalue weighted by Crippen LogP contribution is -2.37. The van der Waals surface area contributed by atoms with Gasteiger partial charge in [0.25, 0.3) is 5.69 Å². The summed E-state index contributed by atoms with van der Waals surface area (Å²) in [7, 11) is 0. The zero-order valence-electron chi connectivity index (χ0n) is 16.5. The molecule has 0 saturated carbocycles. The third kappa shape index (κ3) is 5.04. The molecule has 0 N–H and O–H groups in total. The molecule has 1 heterocycles. The molecule has 3 rings (SSSR count). The lowest BCUT2D eigenvalue weighted by Gasteiger charge is -2.25. The normalized spacial score (nSPS) is 10.9. The van der Waals surface area contributed by atoms with E-state index < -0.39 is 4.92 Å². The molecular weight excluding hydrogens is 372 g/mol. The smallest absolute Gasteiger partial charge is 0.269 e. The molecule has 0 saturated heterocycles. The second-order valence-corrected chi connectivity index (χ2v) is 7.10. The highest BCUT2D eigenvalue weighted by atomic mass is 16.6. The van der Waals surface area contributed by atoms with Crippen LogP contribution in [0.1, 0.15) is 30.9 Å². The van der Waals surface area contributed by atoms with Crippen molar-refractivity contribution in [3.63, 3.8) is 0 Å². The van der Waals surface area contributed by atoms with Crippen LogP contribution in [0.4, 0.5) is 5.69 Å². The van der Waals surface area contributed by atoms with E-state index in [1.165, 1.54) is 12.1 Å². The monoisotopic (exact) mass is 394 g/mol. The molecule has 29 heavy (non-hydrogen) atoms. The quantitative estimate of drug-likeness (QED) is 0.444. The Hall–Kier alpha value is -3.55. The van der Waals surface area contributed by atoms with Crippen LogP contribution in [0.2, 0.25) is 0 Å². The predicted octanol–water partition coefficient (Wildman–Crippen LogP) is 3.93. The van der Waals surface area contributed by atoms with Crippen molar-refractivity contribution < 1.29 is 14.2 Å². The zero-order chi connectivity index (χ0) is 21.0. The fraction of sp³-hybridized carbons (Fsp3) is 0.286. The van der Waals surface area contributed by atoms with Gasteiger partial charge in [-0.1, -0.05) is 41.1 Å². The number of carbonyl (C=O) groups is 1. The van der Waals surface area contributed by atoms with Gasteiger partial charge in [0.15, 0.2) is 0 Å². The number of hydrogen-bond acceptors (Lipinski definition) is 6. The highest BCUT2D eigenvalue weighted by Gasteiger charge is 2.21. The molecule has 0 radical (unpaired) electrons. The third-order valence-electron chi connectivity index (χ3n) is 4.50. The molecule has 0 aliphatic rings.